The van der Waals surface area contributed by atoms with Crippen molar-refractivity contribution in [1.29, 1.82) is 0 Å². The van der Waals surface area contributed by atoms with E-state index in [2.05, 4.69) is 231 Å². The molecular weight excluding hydrogens is 739 g/mol. The normalized spacial score (nSPS) is 12.9. The molecule has 11 aromatic rings. The van der Waals surface area contributed by atoms with Gasteiger partial charge in [-0.1, -0.05) is 178 Å². The highest BCUT2D eigenvalue weighted by atomic mass is 16.3. The van der Waals surface area contributed by atoms with Crippen LogP contribution in [0.3, 0.4) is 0 Å². The standard InChI is InChI=1S/C59H41NO/c1-59(2)54-24-14-13-22-48(54)49-32-31-45(36-55(49)59)60(44-30-25-38-15-9-10-20-42(38)35-44)43-28-26-40(27-29-43)52-37-53-51-34-33-46(39-16-5-3-6-17-39)56(41-18-7-4-8-19-41)58(51)61-57(53)50-23-12-11-21-47(50)52/h3-37H,1-2H3. The van der Waals surface area contributed by atoms with Gasteiger partial charge < -0.3 is 9.32 Å². The molecular formula is C59H41NO. The van der Waals surface area contributed by atoms with Gasteiger partial charge in [0.2, 0.25) is 0 Å². The second-order valence-corrected chi connectivity index (χ2v) is 16.9. The van der Waals surface area contributed by atoms with Gasteiger partial charge in [0.15, 0.2) is 0 Å². The van der Waals surface area contributed by atoms with Crippen molar-refractivity contribution in [2.24, 2.45) is 0 Å². The zero-order valence-electron chi connectivity index (χ0n) is 34.1. The van der Waals surface area contributed by atoms with Crippen LogP contribution in [0, 0.1) is 0 Å². The van der Waals surface area contributed by atoms with E-state index in [0.717, 1.165) is 72.0 Å². The van der Waals surface area contributed by atoms with Crippen LogP contribution in [-0.4, -0.2) is 0 Å². The zero-order chi connectivity index (χ0) is 40.7. The van der Waals surface area contributed by atoms with Crippen molar-refractivity contribution in [2.45, 2.75) is 19.3 Å². The molecule has 10 aromatic carbocycles. The summed E-state index contributed by atoms with van der Waals surface area (Å²) in [5.41, 5.74) is 17.4. The lowest BCUT2D eigenvalue weighted by Gasteiger charge is -2.28. The Morgan fingerprint density at radius 3 is 1.72 bits per heavy atom. The summed E-state index contributed by atoms with van der Waals surface area (Å²) >= 11 is 0. The molecule has 0 saturated carbocycles. The fraction of sp³-hybridized carbons (Fsp3) is 0.0508. The molecule has 2 nitrogen and oxygen atoms in total. The van der Waals surface area contributed by atoms with Gasteiger partial charge in [-0.25, -0.2) is 0 Å². The second kappa shape index (κ2) is 13.7. The van der Waals surface area contributed by atoms with Crippen molar-refractivity contribution in [2.75, 3.05) is 4.90 Å². The molecule has 1 aliphatic carbocycles. The summed E-state index contributed by atoms with van der Waals surface area (Å²) in [6.07, 6.45) is 0. The summed E-state index contributed by atoms with van der Waals surface area (Å²) in [4.78, 5) is 2.41. The third-order valence-corrected chi connectivity index (χ3v) is 13.0. The molecule has 0 saturated heterocycles. The second-order valence-electron chi connectivity index (χ2n) is 16.9. The lowest BCUT2D eigenvalue weighted by atomic mass is 9.82. The van der Waals surface area contributed by atoms with Crippen molar-refractivity contribution in [3.63, 3.8) is 0 Å². The Morgan fingerprint density at radius 2 is 0.918 bits per heavy atom. The third kappa shape index (κ3) is 5.56. The van der Waals surface area contributed by atoms with Crippen LogP contribution in [0.15, 0.2) is 217 Å². The van der Waals surface area contributed by atoms with Gasteiger partial charge in [0.1, 0.15) is 11.2 Å². The Hall–Kier alpha value is -7.68. The highest BCUT2D eigenvalue weighted by Gasteiger charge is 2.35. The number of benzene rings is 10. The number of furan rings is 1. The summed E-state index contributed by atoms with van der Waals surface area (Å²) in [6.45, 7) is 4.71. The van der Waals surface area contributed by atoms with Gasteiger partial charge in [-0.15, -0.1) is 0 Å². The van der Waals surface area contributed by atoms with E-state index in [1.54, 1.807) is 0 Å². The van der Waals surface area contributed by atoms with E-state index in [1.807, 2.05) is 0 Å². The lowest BCUT2D eigenvalue weighted by molar-refractivity contribution is 0.660. The molecule has 12 rings (SSSR count). The van der Waals surface area contributed by atoms with Crippen molar-refractivity contribution in [1.82, 2.24) is 0 Å². The first-order chi connectivity index (χ1) is 30.0. The van der Waals surface area contributed by atoms with Gasteiger partial charge in [0, 0.05) is 44.2 Å². The maximum Gasteiger partial charge on any atom is 0.143 e. The Balaban J connectivity index is 1.02. The topological polar surface area (TPSA) is 16.4 Å². The Bertz CT molecular complexity index is 3490. The first kappa shape index (κ1) is 35.3. The monoisotopic (exact) mass is 779 g/mol. The average molecular weight is 780 g/mol. The quantitative estimate of drug-likeness (QED) is 0.167. The van der Waals surface area contributed by atoms with Crippen molar-refractivity contribution >= 4 is 60.5 Å². The van der Waals surface area contributed by atoms with Gasteiger partial charge >= 0.3 is 0 Å². The van der Waals surface area contributed by atoms with E-state index < -0.39 is 0 Å². The van der Waals surface area contributed by atoms with Crippen LogP contribution in [-0.2, 0) is 5.41 Å². The van der Waals surface area contributed by atoms with Gasteiger partial charge in [0.25, 0.3) is 0 Å². The first-order valence-corrected chi connectivity index (χ1v) is 21.2. The number of rotatable bonds is 6. The van der Waals surface area contributed by atoms with E-state index in [-0.39, 0.29) is 5.41 Å². The molecule has 1 heterocycles. The first-order valence-electron chi connectivity index (χ1n) is 21.2. The van der Waals surface area contributed by atoms with Gasteiger partial charge in [-0.2, -0.15) is 0 Å². The fourth-order valence-electron chi connectivity index (χ4n) is 10.0. The maximum atomic E-state index is 7.04. The van der Waals surface area contributed by atoms with Crippen LogP contribution >= 0.6 is 0 Å². The molecule has 0 amide bonds. The van der Waals surface area contributed by atoms with E-state index in [4.69, 9.17) is 4.42 Å². The van der Waals surface area contributed by atoms with Gasteiger partial charge in [-0.3, -0.25) is 0 Å². The Kier molecular flexibility index (Phi) is 7.92. The number of anilines is 3. The molecule has 0 N–H and O–H groups in total. The highest BCUT2D eigenvalue weighted by molar-refractivity contribution is 6.21. The number of nitrogens with zero attached hydrogens (tertiary/aromatic N) is 1. The third-order valence-electron chi connectivity index (χ3n) is 13.0. The molecule has 0 aliphatic heterocycles. The molecule has 1 aliphatic rings. The van der Waals surface area contributed by atoms with E-state index in [9.17, 15) is 0 Å². The zero-order valence-corrected chi connectivity index (χ0v) is 34.1. The maximum absolute atomic E-state index is 7.04. The summed E-state index contributed by atoms with van der Waals surface area (Å²) < 4.78 is 7.04. The van der Waals surface area contributed by atoms with Crippen molar-refractivity contribution in [3.05, 3.63) is 223 Å². The van der Waals surface area contributed by atoms with Crippen LogP contribution in [0.4, 0.5) is 17.1 Å². The molecule has 288 valence electrons. The van der Waals surface area contributed by atoms with Crippen LogP contribution in [0.1, 0.15) is 25.0 Å². The van der Waals surface area contributed by atoms with Crippen LogP contribution in [0.5, 0.6) is 0 Å². The Morgan fingerprint density at radius 1 is 0.344 bits per heavy atom. The van der Waals surface area contributed by atoms with Gasteiger partial charge in [-0.05, 0) is 115 Å². The molecule has 0 bridgehead atoms. The van der Waals surface area contributed by atoms with Gasteiger partial charge in [0.05, 0.1) is 0 Å². The molecule has 0 spiro atoms. The number of hydrogen-bond acceptors (Lipinski definition) is 2. The predicted octanol–water partition coefficient (Wildman–Crippen LogP) is 16.7. The highest BCUT2D eigenvalue weighted by Crippen LogP contribution is 2.51. The fourth-order valence-corrected chi connectivity index (χ4v) is 10.0. The number of hydrogen-bond donors (Lipinski definition) is 0. The van der Waals surface area contributed by atoms with Crippen molar-refractivity contribution < 1.29 is 4.42 Å². The number of fused-ring (bicyclic) bond motifs is 9. The smallest absolute Gasteiger partial charge is 0.143 e. The van der Waals surface area contributed by atoms with E-state index >= 15 is 0 Å². The molecule has 0 atom stereocenters. The van der Waals surface area contributed by atoms with E-state index in [0.29, 0.717) is 0 Å². The minimum atomic E-state index is -0.108. The summed E-state index contributed by atoms with van der Waals surface area (Å²) in [6, 6.07) is 77.3. The summed E-state index contributed by atoms with van der Waals surface area (Å²) in [7, 11) is 0. The minimum Gasteiger partial charge on any atom is -0.455 e. The molecule has 0 fully saturated rings. The molecule has 0 unspecified atom stereocenters. The van der Waals surface area contributed by atoms with E-state index in [1.165, 1.54) is 44.2 Å². The summed E-state index contributed by atoms with van der Waals surface area (Å²) in [5.74, 6) is 0. The summed E-state index contributed by atoms with van der Waals surface area (Å²) in [5, 5.41) is 6.95. The molecule has 61 heavy (non-hydrogen) atoms. The average Bonchev–Trinajstić information content (AvgIpc) is 3.81. The minimum absolute atomic E-state index is 0.108. The lowest BCUT2D eigenvalue weighted by Crippen LogP contribution is -2.16. The van der Waals surface area contributed by atoms with Crippen LogP contribution in [0.2, 0.25) is 0 Å². The molecule has 0 radical (unpaired) electrons. The Labute approximate surface area is 355 Å². The van der Waals surface area contributed by atoms with Crippen LogP contribution < -0.4 is 4.90 Å². The predicted molar refractivity (Wildman–Crippen MR) is 257 cm³/mol. The molecule has 2 heteroatoms. The molecule has 1 aromatic heterocycles. The largest absolute Gasteiger partial charge is 0.455 e. The van der Waals surface area contributed by atoms with Crippen molar-refractivity contribution in [3.8, 4) is 44.5 Å². The SMILES string of the molecule is CC1(C)c2ccccc2-c2ccc(N(c3ccc(-c4cc5c6ccc(-c7ccccc7)c(-c7ccccc7)c6oc5c5ccccc45)cc3)c3ccc4ccccc4c3)cc21. The van der Waals surface area contributed by atoms with Crippen LogP contribution in [0.25, 0.3) is 88.0 Å².